The minimum Gasteiger partial charge on any atom is -0.375 e. The number of carbonyl (C=O) groups is 2. The summed E-state index contributed by atoms with van der Waals surface area (Å²) in [6.45, 7) is 1.10. The van der Waals surface area contributed by atoms with Gasteiger partial charge in [0.25, 0.3) is 0 Å². The van der Waals surface area contributed by atoms with Crippen molar-refractivity contribution < 1.29 is 14.3 Å². The predicted octanol–water partition coefficient (Wildman–Crippen LogP) is 0.652. The number of hydrogen-bond donors (Lipinski definition) is 1. The third kappa shape index (κ3) is 2.33. The summed E-state index contributed by atoms with van der Waals surface area (Å²) in [4.78, 5) is 27.3. The summed E-state index contributed by atoms with van der Waals surface area (Å²) < 4.78 is 5.68. The molecule has 3 atom stereocenters. The van der Waals surface area contributed by atoms with Gasteiger partial charge in [-0.05, 0) is 17.9 Å². The van der Waals surface area contributed by atoms with E-state index in [1.807, 2.05) is 22.4 Å². The van der Waals surface area contributed by atoms with Gasteiger partial charge in [-0.15, -0.1) is 11.3 Å². The highest BCUT2D eigenvalue weighted by Gasteiger charge is 2.49. The van der Waals surface area contributed by atoms with E-state index in [1.165, 1.54) is 0 Å². The molecule has 1 N–H and O–H groups in total. The zero-order chi connectivity index (χ0) is 14.1. The molecule has 2 aliphatic heterocycles. The van der Waals surface area contributed by atoms with Gasteiger partial charge in [0.1, 0.15) is 0 Å². The molecule has 20 heavy (non-hydrogen) atoms. The molecule has 0 unspecified atom stereocenters. The third-order valence-corrected chi connectivity index (χ3v) is 4.98. The van der Waals surface area contributed by atoms with Crippen LogP contribution in [0.3, 0.4) is 0 Å². The Labute approximate surface area is 121 Å². The van der Waals surface area contributed by atoms with E-state index in [-0.39, 0.29) is 29.9 Å². The Balaban J connectivity index is 1.73. The first-order chi connectivity index (χ1) is 9.70. The van der Waals surface area contributed by atoms with E-state index in [1.54, 1.807) is 18.4 Å². The average molecular weight is 294 g/mol. The van der Waals surface area contributed by atoms with E-state index in [9.17, 15) is 9.59 Å². The first kappa shape index (κ1) is 13.6. The van der Waals surface area contributed by atoms with E-state index in [4.69, 9.17) is 4.74 Å². The average Bonchev–Trinajstić information content (AvgIpc) is 3.13. The molecule has 1 aromatic heterocycles. The van der Waals surface area contributed by atoms with Gasteiger partial charge in [0, 0.05) is 25.1 Å². The van der Waals surface area contributed by atoms with Gasteiger partial charge in [-0.1, -0.05) is 6.07 Å². The first-order valence-corrected chi connectivity index (χ1v) is 7.73. The van der Waals surface area contributed by atoms with Crippen molar-refractivity contribution in [1.82, 2.24) is 10.2 Å². The van der Waals surface area contributed by atoms with Crippen LogP contribution >= 0.6 is 11.3 Å². The molecular formula is C14H18N2O3S. The normalized spacial score (nSPS) is 28.4. The Hall–Kier alpha value is -1.40. The summed E-state index contributed by atoms with van der Waals surface area (Å²) >= 11 is 1.59. The summed E-state index contributed by atoms with van der Waals surface area (Å²) in [5, 5.41) is 4.64. The number of hydrogen-bond acceptors (Lipinski definition) is 4. The van der Waals surface area contributed by atoms with Crippen LogP contribution in [0.5, 0.6) is 0 Å². The van der Waals surface area contributed by atoms with Crippen molar-refractivity contribution in [3.8, 4) is 0 Å². The minimum atomic E-state index is -0.236. The zero-order valence-corrected chi connectivity index (χ0v) is 12.2. The van der Waals surface area contributed by atoms with E-state index in [2.05, 4.69) is 5.32 Å². The van der Waals surface area contributed by atoms with Gasteiger partial charge >= 0.3 is 0 Å². The summed E-state index contributed by atoms with van der Waals surface area (Å²) in [5.41, 5.74) is 0. The molecule has 0 radical (unpaired) electrons. The standard InChI is InChI=1S/C14H18N2O3S/c1-15-14(18)10-8-16(11-4-5-19-13(10)11)12(17)7-9-3-2-6-20-9/h2-3,6,10-11,13H,4-5,7-8H2,1H3,(H,15,18)/t10-,11+,13+/m1/s1. The van der Waals surface area contributed by atoms with Crippen LogP contribution in [0.1, 0.15) is 11.3 Å². The monoisotopic (exact) mass is 294 g/mol. The molecule has 5 nitrogen and oxygen atoms in total. The van der Waals surface area contributed by atoms with Crippen molar-refractivity contribution in [2.24, 2.45) is 5.92 Å². The van der Waals surface area contributed by atoms with Crippen molar-refractivity contribution in [3.05, 3.63) is 22.4 Å². The molecular weight excluding hydrogens is 276 g/mol. The molecule has 6 heteroatoms. The quantitative estimate of drug-likeness (QED) is 0.890. The second-order valence-corrected chi connectivity index (χ2v) is 6.25. The van der Waals surface area contributed by atoms with Crippen LogP contribution in [0.2, 0.25) is 0 Å². The lowest BCUT2D eigenvalue weighted by atomic mass is 10.0. The molecule has 0 aliphatic carbocycles. The predicted molar refractivity (Wildman–Crippen MR) is 75.4 cm³/mol. The number of nitrogens with one attached hydrogen (secondary N) is 1. The third-order valence-electron chi connectivity index (χ3n) is 4.10. The zero-order valence-electron chi connectivity index (χ0n) is 11.4. The van der Waals surface area contributed by atoms with E-state index >= 15 is 0 Å². The first-order valence-electron chi connectivity index (χ1n) is 6.85. The SMILES string of the molecule is CNC(=O)[C@@H]1CN(C(=O)Cc2cccs2)[C@H]2CCO[C@@H]12. The van der Waals surface area contributed by atoms with Gasteiger partial charge in [-0.25, -0.2) is 0 Å². The molecule has 1 aromatic rings. The molecule has 0 saturated carbocycles. The fraction of sp³-hybridized carbons (Fsp3) is 0.571. The molecule has 0 aromatic carbocycles. The van der Waals surface area contributed by atoms with Gasteiger partial charge < -0.3 is 15.0 Å². The van der Waals surface area contributed by atoms with Gasteiger partial charge in [0.05, 0.1) is 24.5 Å². The Morgan fingerprint density at radius 2 is 2.40 bits per heavy atom. The fourth-order valence-electron chi connectivity index (χ4n) is 3.14. The van der Waals surface area contributed by atoms with Crippen LogP contribution in [0, 0.1) is 5.92 Å². The van der Waals surface area contributed by atoms with Crippen molar-refractivity contribution in [2.75, 3.05) is 20.2 Å². The van der Waals surface area contributed by atoms with Gasteiger partial charge in [0.15, 0.2) is 0 Å². The van der Waals surface area contributed by atoms with Gasteiger partial charge in [-0.2, -0.15) is 0 Å². The largest absolute Gasteiger partial charge is 0.375 e. The van der Waals surface area contributed by atoms with Gasteiger partial charge in [0.2, 0.25) is 11.8 Å². The summed E-state index contributed by atoms with van der Waals surface area (Å²) in [7, 11) is 1.63. The highest BCUT2D eigenvalue weighted by molar-refractivity contribution is 7.10. The molecule has 3 heterocycles. The lowest BCUT2D eigenvalue weighted by molar-refractivity contribution is -0.131. The second kappa shape index (κ2) is 5.54. The Kier molecular flexibility index (Phi) is 3.76. The van der Waals surface area contributed by atoms with Crippen LogP contribution in [0.25, 0.3) is 0 Å². The molecule has 2 aliphatic rings. The maximum absolute atomic E-state index is 12.5. The van der Waals surface area contributed by atoms with Crippen LogP contribution < -0.4 is 5.32 Å². The molecule has 2 saturated heterocycles. The molecule has 108 valence electrons. The molecule has 2 fully saturated rings. The van der Waals surface area contributed by atoms with E-state index in [0.29, 0.717) is 19.6 Å². The fourth-order valence-corrected chi connectivity index (χ4v) is 3.83. The molecule has 3 rings (SSSR count). The number of ether oxygens (including phenoxy) is 1. The topological polar surface area (TPSA) is 58.6 Å². The number of nitrogens with zero attached hydrogens (tertiary/aromatic N) is 1. The molecule has 0 spiro atoms. The van der Waals surface area contributed by atoms with Crippen LogP contribution in [0.4, 0.5) is 0 Å². The summed E-state index contributed by atoms with van der Waals surface area (Å²) in [6, 6.07) is 3.98. The maximum Gasteiger partial charge on any atom is 0.228 e. The van der Waals surface area contributed by atoms with Crippen LogP contribution in [-0.4, -0.2) is 49.1 Å². The summed E-state index contributed by atoms with van der Waals surface area (Å²) in [6.07, 6.45) is 1.11. The second-order valence-electron chi connectivity index (χ2n) is 5.21. The lowest BCUT2D eigenvalue weighted by Crippen LogP contribution is -2.38. The lowest BCUT2D eigenvalue weighted by Gasteiger charge is -2.22. The van der Waals surface area contributed by atoms with Crippen molar-refractivity contribution in [2.45, 2.75) is 25.0 Å². The number of rotatable bonds is 3. The smallest absolute Gasteiger partial charge is 0.228 e. The van der Waals surface area contributed by atoms with E-state index < -0.39 is 0 Å². The van der Waals surface area contributed by atoms with Crippen molar-refractivity contribution in [3.63, 3.8) is 0 Å². The van der Waals surface area contributed by atoms with Gasteiger partial charge in [-0.3, -0.25) is 9.59 Å². The number of carbonyl (C=O) groups excluding carboxylic acids is 2. The number of likely N-dealkylation sites (tertiary alicyclic amines) is 1. The van der Waals surface area contributed by atoms with Crippen LogP contribution in [0.15, 0.2) is 17.5 Å². The molecule has 2 amide bonds. The van der Waals surface area contributed by atoms with Crippen molar-refractivity contribution >= 4 is 23.2 Å². The highest BCUT2D eigenvalue weighted by Crippen LogP contribution is 2.34. The summed E-state index contributed by atoms with van der Waals surface area (Å²) in [5.74, 6) is -0.174. The number of fused-ring (bicyclic) bond motifs is 1. The van der Waals surface area contributed by atoms with Crippen LogP contribution in [-0.2, 0) is 20.7 Å². The maximum atomic E-state index is 12.5. The minimum absolute atomic E-state index is 0.0340. The number of amides is 2. The Morgan fingerprint density at radius 3 is 3.10 bits per heavy atom. The Bertz CT molecular complexity index is 503. The van der Waals surface area contributed by atoms with Crippen molar-refractivity contribution in [1.29, 1.82) is 0 Å². The highest BCUT2D eigenvalue weighted by atomic mass is 32.1. The Morgan fingerprint density at radius 1 is 1.55 bits per heavy atom. The van der Waals surface area contributed by atoms with E-state index in [0.717, 1.165) is 11.3 Å². The number of thiophene rings is 1. The molecule has 0 bridgehead atoms.